The Morgan fingerprint density at radius 1 is 1.28 bits per heavy atom. The number of ether oxygens (including phenoxy) is 1. The Labute approximate surface area is 108 Å². The van der Waals surface area contributed by atoms with Crippen molar-refractivity contribution in [3.8, 4) is 0 Å². The number of anilines is 1. The van der Waals surface area contributed by atoms with Crippen LogP contribution in [0.1, 0.15) is 32.6 Å². The molecule has 3 heteroatoms. The molecule has 1 amide bonds. The quantitative estimate of drug-likeness (QED) is 0.813. The molecule has 1 unspecified atom stereocenters. The molecule has 3 nitrogen and oxygen atoms in total. The molecule has 1 atom stereocenters. The number of carbonyl (C=O) groups is 1. The second kappa shape index (κ2) is 6.24. The molecule has 0 radical (unpaired) electrons. The molecule has 0 heterocycles. The van der Waals surface area contributed by atoms with Crippen LogP contribution in [-0.2, 0) is 4.74 Å². The molecule has 1 aromatic carbocycles. The highest BCUT2D eigenvalue weighted by Gasteiger charge is 2.15. The van der Waals surface area contributed by atoms with Crippen molar-refractivity contribution in [3.63, 3.8) is 0 Å². The van der Waals surface area contributed by atoms with Crippen molar-refractivity contribution in [2.75, 3.05) is 5.32 Å². The average molecular weight is 245 g/mol. The van der Waals surface area contributed by atoms with Gasteiger partial charge in [0, 0.05) is 5.69 Å². The first-order valence-corrected chi connectivity index (χ1v) is 6.47. The lowest BCUT2D eigenvalue weighted by molar-refractivity contribution is 0.134. The van der Waals surface area contributed by atoms with Gasteiger partial charge >= 0.3 is 6.09 Å². The third-order valence-electron chi connectivity index (χ3n) is 3.15. The highest BCUT2D eigenvalue weighted by Crippen LogP contribution is 2.22. The van der Waals surface area contributed by atoms with E-state index in [4.69, 9.17) is 4.74 Å². The van der Waals surface area contributed by atoms with Gasteiger partial charge in [-0.15, -0.1) is 0 Å². The van der Waals surface area contributed by atoms with Crippen molar-refractivity contribution in [2.24, 2.45) is 0 Å². The molecule has 2 rings (SSSR count). The zero-order valence-electron chi connectivity index (χ0n) is 10.7. The maximum atomic E-state index is 11.7. The lowest BCUT2D eigenvalue weighted by Gasteiger charge is -2.20. The van der Waals surface area contributed by atoms with Crippen LogP contribution in [-0.4, -0.2) is 12.2 Å². The Hall–Kier alpha value is -1.77. The van der Waals surface area contributed by atoms with Crippen molar-refractivity contribution in [1.29, 1.82) is 0 Å². The van der Waals surface area contributed by atoms with E-state index in [2.05, 4.69) is 11.4 Å². The van der Waals surface area contributed by atoms with Crippen molar-refractivity contribution in [2.45, 2.75) is 38.7 Å². The van der Waals surface area contributed by atoms with Gasteiger partial charge in [0.25, 0.3) is 0 Å². The molecule has 0 aliphatic heterocycles. The van der Waals surface area contributed by atoms with Gasteiger partial charge in [0.05, 0.1) is 0 Å². The highest BCUT2D eigenvalue weighted by molar-refractivity contribution is 5.84. The molecule has 0 saturated carbocycles. The van der Waals surface area contributed by atoms with Crippen LogP contribution < -0.4 is 5.32 Å². The van der Waals surface area contributed by atoms with Crippen LogP contribution in [0.2, 0.25) is 0 Å². The molecular formula is C15H19NO2. The standard InChI is InChI=1S/C15H19NO2/c1-12(13-8-4-2-5-9-13)18-15(17)16-14-10-6-3-7-11-14/h3,6-8,10-12H,2,4-5,9H2,1H3,(H,16,17). The van der Waals surface area contributed by atoms with Gasteiger partial charge in [-0.05, 0) is 50.3 Å². The number of amides is 1. The summed E-state index contributed by atoms with van der Waals surface area (Å²) in [7, 11) is 0. The molecular weight excluding hydrogens is 226 g/mol. The fourth-order valence-corrected chi connectivity index (χ4v) is 2.14. The van der Waals surface area contributed by atoms with Gasteiger partial charge in [-0.1, -0.05) is 24.3 Å². The van der Waals surface area contributed by atoms with Crippen LogP contribution in [0.5, 0.6) is 0 Å². The third-order valence-corrected chi connectivity index (χ3v) is 3.15. The van der Waals surface area contributed by atoms with E-state index in [9.17, 15) is 4.79 Å². The molecule has 0 spiro atoms. The Kier molecular flexibility index (Phi) is 4.40. The van der Waals surface area contributed by atoms with Crippen LogP contribution in [0, 0.1) is 0 Å². The smallest absolute Gasteiger partial charge is 0.412 e. The summed E-state index contributed by atoms with van der Waals surface area (Å²) in [4.78, 5) is 11.7. The predicted molar refractivity (Wildman–Crippen MR) is 72.6 cm³/mol. The van der Waals surface area contributed by atoms with Gasteiger partial charge in [-0.25, -0.2) is 4.79 Å². The normalized spacial score (nSPS) is 16.6. The van der Waals surface area contributed by atoms with Crippen molar-refractivity contribution >= 4 is 11.8 Å². The van der Waals surface area contributed by atoms with Gasteiger partial charge in [0.15, 0.2) is 0 Å². The average Bonchev–Trinajstić information content (AvgIpc) is 2.40. The Bertz CT molecular complexity index is 425. The van der Waals surface area contributed by atoms with Crippen molar-refractivity contribution in [3.05, 3.63) is 42.0 Å². The van der Waals surface area contributed by atoms with E-state index < -0.39 is 0 Å². The third kappa shape index (κ3) is 3.62. The Balaban J connectivity index is 1.85. The van der Waals surface area contributed by atoms with Crippen molar-refractivity contribution in [1.82, 2.24) is 0 Å². The number of hydrogen-bond acceptors (Lipinski definition) is 2. The zero-order valence-corrected chi connectivity index (χ0v) is 10.7. The maximum Gasteiger partial charge on any atom is 0.412 e. The van der Waals surface area contributed by atoms with Crippen LogP contribution in [0.25, 0.3) is 0 Å². The fourth-order valence-electron chi connectivity index (χ4n) is 2.14. The minimum absolute atomic E-state index is 0.131. The molecule has 96 valence electrons. The minimum Gasteiger partial charge on any atom is -0.442 e. The summed E-state index contributed by atoms with van der Waals surface area (Å²) in [6, 6.07) is 9.34. The molecule has 0 bridgehead atoms. The second-order valence-electron chi connectivity index (χ2n) is 4.56. The molecule has 18 heavy (non-hydrogen) atoms. The van der Waals surface area contributed by atoms with Gasteiger partial charge in [0.2, 0.25) is 0 Å². The van der Waals surface area contributed by atoms with E-state index in [-0.39, 0.29) is 12.2 Å². The zero-order chi connectivity index (χ0) is 12.8. The Morgan fingerprint density at radius 3 is 2.72 bits per heavy atom. The molecule has 0 saturated heterocycles. The monoisotopic (exact) mass is 245 g/mol. The molecule has 1 aliphatic rings. The number of rotatable bonds is 3. The molecule has 0 fully saturated rings. The van der Waals surface area contributed by atoms with Crippen LogP contribution in [0.4, 0.5) is 10.5 Å². The summed E-state index contributed by atoms with van der Waals surface area (Å²) in [5.41, 5.74) is 2.00. The summed E-state index contributed by atoms with van der Waals surface area (Å²) in [5.74, 6) is 0. The lowest BCUT2D eigenvalue weighted by Crippen LogP contribution is -2.22. The van der Waals surface area contributed by atoms with Gasteiger partial charge in [0.1, 0.15) is 6.10 Å². The number of hydrogen-bond donors (Lipinski definition) is 1. The molecule has 1 N–H and O–H groups in total. The summed E-state index contributed by atoms with van der Waals surface area (Å²) in [5, 5.41) is 2.72. The van der Waals surface area contributed by atoms with E-state index in [1.807, 2.05) is 37.3 Å². The number of allylic oxidation sites excluding steroid dienone is 1. The number of para-hydroxylation sites is 1. The minimum atomic E-state index is -0.389. The molecule has 0 aromatic heterocycles. The summed E-state index contributed by atoms with van der Waals surface area (Å²) < 4.78 is 5.38. The topological polar surface area (TPSA) is 38.3 Å². The fraction of sp³-hybridized carbons (Fsp3) is 0.400. The summed E-state index contributed by atoms with van der Waals surface area (Å²) >= 11 is 0. The Morgan fingerprint density at radius 2 is 2.06 bits per heavy atom. The van der Waals surface area contributed by atoms with Gasteiger partial charge in [-0.2, -0.15) is 0 Å². The highest BCUT2D eigenvalue weighted by atomic mass is 16.6. The van der Waals surface area contributed by atoms with E-state index in [0.29, 0.717) is 0 Å². The maximum absolute atomic E-state index is 11.7. The van der Waals surface area contributed by atoms with E-state index in [0.717, 1.165) is 18.5 Å². The first-order valence-electron chi connectivity index (χ1n) is 6.47. The van der Waals surface area contributed by atoms with Crippen molar-refractivity contribution < 1.29 is 9.53 Å². The van der Waals surface area contributed by atoms with E-state index in [1.165, 1.54) is 18.4 Å². The molecule has 1 aliphatic carbocycles. The number of nitrogens with one attached hydrogen (secondary N) is 1. The SMILES string of the molecule is CC(OC(=O)Nc1ccccc1)C1=CCCCC1. The first kappa shape index (κ1) is 12.7. The lowest BCUT2D eigenvalue weighted by atomic mass is 9.96. The summed E-state index contributed by atoms with van der Waals surface area (Å²) in [6.07, 6.45) is 6.26. The van der Waals surface area contributed by atoms with Crippen LogP contribution >= 0.6 is 0 Å². The first-order chi connectivity index (χ1) is 8.75. The summed E-state index contributed by atoms with van der Waals surface area (Å²) in [6.45, 7) is 1.93. The number of carbonyl (C=O) groups excluding carboxylic acids is 1. The largest absolute Gasteiger partial charge is 0.442 e. The van der Waals surface area contributed by atoms with Crippen LogP contribution in [0.3, 0.4) is 0 Å². The van der Waals surface area contributed by atoms with E-state index >= 15 is 0 Å². The predicted octanol–water partition coefficient (Wildman–Crippen LogP) is 4.12. The van der Waals surface area contributed by atoms with Gasteiger partial charge in [-0.3, -0.25) is 5.32 Å². The number of benzene rings is 1. The molecule has 1 aromatic rings. The second-order valence-corrected chi connectivity index (χ2v) is 4.56. The van der Waals surface area contributed by atoms with Crippen LogP contribution in [0.15, 0.2) is 42.0 Å². The van der Waals surface area contributed by atoms with Gasteiger partial charge < -0.3 is 4.74 Å². The van der Waals surface area contributed by atoms with E-state index in [1.54, 1.807) is 0 Å².